The van der Waals surface area contributed by atoms with Crippen LogP contribution in [0.2, 0.25) is 0 Å². The third-order valence-electron chi connectivity index (χ3n) is 2.66. The van der Waals surface area contributed by atoms with Crippen LogP contribution in [0.5, 0.6) is 0 Å². The number of Topliss-reactive ketones (excluding diaryl/α,β-unsaturated/α-hetero) is 1. The Kier molecular flexibility index (Phi) is 21.0. The standard InChI is InChI=1S/C10H20N2O2.C4H10N2O.C2H6/c1-5-8(13)6-12-10(14)9(11-4)7(2)3;1-2-3-6-4(5)7;1-2/h7,9,11H,5-6H2,1-4H3,(H,12,14);2-3H2,1H3,(H3,5,6,7);1-2H3. The number of primary amides is 1. The zero-order valence-corrected chi connectivity index (χ0v) is 15.8. The maximum absolute atomic E-state index is 11.5. The van der Waals surface area contributed by atoms with Crippen molar-refractivity contribution in [2.75, 3.05) is 20.1 Å². The van der Waals surface area contributed by atoms with E-state index in [9.17, 15) is 14.4 Å². The van der Waals surface area contributed by atoms with Crippen molar-refractivity contribution in [1.82, 2.24) is 16.0 Å². The minimum absolute atomic E-state index is 0.0527. The lowest BCUT2D eigenvalue weighted by molar-refractivity contribution is -0.127. The van der Waals surface area contributed by atoms with Crippen molar-refractivity contribution in [1.29, 1.82) is 0 Å². The summed E-state index contributed by atoms with van der Waals surface area (Å²) < 4.78 is 0. The molecular formula is C16H36N4O3. The van der Waals surface area contributed by atoms with Gasteiger partial charge >= 0.3 is 6.03 Å². The van der Waals surface area contributed by atoms with E-state index < -0.39 is 6.03 Å². The summed E-state index contributed by atoms with van der Waals surface area (Å²) in [6.45, 7) is 12.5. The van der Waals surface area contributed by atoms with Crippen LogP contribution in [0.25, 0.3) is 0 Å². The summed E-state index contributed by atoms with van der Waals surface area (Å²) in [7, 11) is 1.74. The molecule has 0 aromatic carbocycles. The van der Waals surface area contributed by atoms with Gasteiger partial charge in [0.05, 0.1) is 12.6 Å². The summed E-state index contributed by atoms with van der Waals surface area (Å²) in [5.74, 6) is 0.165. The van der Waals surface area contributed by atoms with Gasteiger partial charge in [-0.25, -0.2) is 4.79 Å². The minimum atomic E-state index is -0.443. The molecule has 0 aliphatic heterocycles. The van der Waals surface area contributed by atoms with E-state index >= 15 is 0 Å². The number of likely N-dealkylation sites (N-methyl/N-ethyl adjacent to an activating group) is 1. The lowest BCUT2D eigenvalue weighted by atomic mass is 10.0. The molecule has 0 spiro atoms. The molecule has 0 heterocycles. The van der Waals surface area contributed by atoms with Gasteiger partial charge in [0.25, 0.3) is 0 Å². The van der Waals surface area contributed by atoms with E-state index in [1.807, 2.05) is 34.6 Å². The highest BCUT2D eigenvalue weighted by molar-refractivity contribution is 5.88. The Morgan fingerprint density at radius 3 is 1.83 bits per heavy atom. The Balaban J connectivity index is -0.000000373. The van der Waals surface area contributed by atoms with E-state index in [0.717, 1.165) is 6.42 Å². The molecule has 0 aromatic heterocycles. The van der Waals surface area contributed by atoms with Crippen molar-refractivity contribution in [3.63, 3.8) is 0 Å². The molecule has 0 saturated carbocycles. The molecule has 1 unspecified atom stereocenters. The predicted molar refractivity (Wildman–Crippen MR) is 95.2 cm³/mol. The largest absolute Gasteiger partial charge is 0.352 e. The monoisotopic (exact) mass is 332 g/mol. The van der Waals surface area contributed by atoms with Crippen molar-refractivity contribution in [2.24, 2.45) is 11.7 Å². The maximum Gasteiger partial charge on any atom is 0.312 e. The third-order valence-corrected chi connectivity index (χ3v) is 2.66. The molecule has 5 N–H and O–H groups in total. The zero-order chi connectivity index (χ0) is 18.8. The molecule has 23 heavy (non-hydrogen) atoms. The molecule has 138 valence electrons. The van der Waals surface area contributed by atoms with Crippen LogP contribution < -0.4 is 21.7 Å². The first-order valence-corrected chi connectivity index (χ1v) is 8.29. The lowest BCUT2D eigenvalue weighted by Crippen LogP contribution is -2.47. The van der Waals surface area contributed by atoms with Crippen molar-refractivity contribution in [3.8, 4) is 0 Å². The highest BCUT2D eigenvalue weighted by atomic mass is 16.2. The van der Waals surface area contributed by atoms with Crippen molar-refractivity contribution in [2.45, 2.75) is 60.4 Å². The lowest BCUT2D eigenvalue weighted by Gasteiger charge is -2.18. The normalized spacial score (nSPS) is 10.4. The molecule has 7 nitrogen and oxygen atoms in total. The van der Waals surface area contributed by atoms with Gasteiger partial charge in [-0.3, -0.25) is 9.59 Å². The number of amides is 3. The van der Waals surface area contributed by atoms with Crippen LogP contribution in [-0.4, -0.2) is 43.9 Å². The van der Waals surface area contributed by atoms with E-state index in [2.05, 4.69) is 16.0 Å². The topological polar surface area (TPSA) is 113 Å². The third kappa shape index (κ3) is 18.3. The molecule has 3 amide bonds. The number of rotatable bonds is 8. The van der Waals surface area contributed by atoms with Crippen molar-refractivity contribution in [3.05, 3.63) is 0 Å². The van der Waals surface area contributed by atoms with Crippen LogP contribution in [-0.2, 0) is 9.59 Å². The molecule has 0 aliphatic rings. The Hall–Kier alpha value is -1.63. The first kappa shape index (κ1) is 26.3. The number of hydrogen-bond donors (Lipinski definition) is 4. The molecule has 7 heteroatoms. The minimum Gasteiger partial charge on any atom is -0.352 e. The number of nitrogens with two attached hydrogens (primary N) is 1. The van der Waals surface area contributed by atoms with E-state index in [4.69, 9.17) is 5.73 Å². The van der Waals surface area contributed by atoms with Crippen LogP contribution in [0.15, 0.2) is 0 Å². The molecule has 0 rings (SSSR count). The molecule has 0 saturated heterocycles. The molecule has 0 bridgehead atoms. The van der Waals surface area contributed by atoms with Crippen molar-refractivity contribution < 1.29 is 14.4 Å². The van der Waals surface area contributed by atoms with E-state index in [1.165, 1.54) is 0 Å². The smallest absolute Gasteiger partial charge is 0.312 e. The number of ketones is 1. The van der Waals surface area contributed by atoms with Gasteiger partial charge in [0, 0.05) is 13.0 Å². The van der Waals surface area contributed by atoms with Crippen LogP contribution in [0.3, 0.4) is 0 Å². The number of carbonyl (C=O) groups is 3. The first-order chi connectivity index (χ1) is 10.8. The summed E-state index contributed by atoms with van der Waals surface area (Å²) in [5.41, 5.74) is 4.73. The molecule has 0 radical (unpaired) electrons. The van der Waals surface area contributed by atoms with Gasteiger partial charge in [-0.1, -0.05) is 41.5 Å². The van der Waals surface area contributed by atoms with Gasteiger partial charge in [-0.2, -0.15) is 0 Å². The quantitative estimate of drug-likeness (QED) is 0.538. The average molecular weight is 332 g/mol. The van der Waals surface area contributed by atoms with E-state index in [0.29, 0.717) is 13.0 Å². The fraction of sp³-hybridized carbons (Fsp3) is 0.812. The van der Waals surface area contributed by atoms with Gasteiger partial charge in [0.15, 0.2) is 5.78 Å². The Morgan fingerprint density at radius 2 is 1.57 bits per heavy atom. The van der Waals surface area contributed by atoms with Gasteiger partial charge in [0.2, 0.25) is 5.91 Å². The summed E-state index contributed by atoms with van der Waals surface area (Å²) in [6, 6.07) is -0.665. The summed E-state index contributed by atoms with van der Waals surface area (Å²) in [5, 5.41) is 7.97. The Morgan fingerprint density at radius 1 is 1.04 bits per heavy atom. The second-order valence-electron chi connectivity index (χ2n) is 4.91. The maximum atomic E-state index is 11.5. The van der Waals surface area contributed by atoms with Crippen LogP contribution in [0.1, 0.15) is 54.4 Å². The average Bonchev–Trinajstić information content (AvgIpc) is 2.53. The van der Waals surface area contributed by atoms with E-state index in [-0.39, 0.29) is 30.2 Å². The molecule has 0 fully saturated rings. The second-order valence-corrected chi connectivity index (χ2v) is 4.91. The fourth-order valence-corrected chi connectivity index (χ4v) is 1.44. The molecule has 1 atom stereocenters. The number of urea groups is 1. The number of hydrogen-bond acceptors (Lipinski definition) is 4. The van der Waals surface area contributed by atoms with Gasteiger partial charge in [0.1, 0.15) is 0 Å². The Labute approximate surface area is 141 Å². The van der Waals surface area contributed by atoms with Gasteiger partial charge in [-0.05, 0) is 19.4 Å². The van der Waals surface area contributed by atoms with E-state index in [1.54, 1.807) is 14.0 Å². The summed E-state index contributed by atoms with van der Waals surface area (Å²) in [4.78, 5) is 32.3. The van der Waals surface area contributed by atoms with Gasteiger partial charge < -0.3 is 21.7 Å². The van der Waals surface area contributed by atoms with Gasteiger partial charge in [-0.15, -0.1) is 0 Å². The number of nitrogens with one attached hydrogen (secondary N) is 3. The first-order valence-electron chi connectivity index (χ1n) is 8.29. The molecular weight excluding hydrogens is 296 g/mol. The van der Waals surface area contributed by atoms with Crippen molar-refractivity contribution >= 4 is 17.7 Å². The molecule has 0 aromatic rings. The zero-order valence-electron chi connectivity index (χ0n) is 15.8. The Bertz CT molecular complexity index is 320. The highest BCUT2D eigenvalue weighted by Gasteiger charge is 2.19. The SMILES string of the molecule is CC.CCC(=O)CNC(=O)C(NC)C(C)C.CCCNC(N)=O. The van der Waals surface area contributed by atoms with Crippen LogP contribution >= 0.6 is 0 Å². The summed E-state index contributed by atoms with van der Waals surface area (Å²) in [6.07, 6.45) is 1.40. The second kappa shape index (κ2) is 18.4. The molecule has 0 aliphatic carbocycles. The predicted octanol–water partition coefficient (Wildman–Crippen LogP) is 1.42. The van der Waals surface area contributed by atoms with Crippen LogP contribution in [0, 0.1) is 5.92 Å². The highest BCUT2D eigenvalue weighted by Crippen LogP contribution is 2.00. The summed E-state index contributed by atoms with van der Waals surface area (Å²) >= 11 is 0. The number of carbonyl (C=O) groups excluding carboxylic acids is 3. The van der Waals surface area contributed by atoms with Crippen LogP contribution in [0.4, 0.5) is 4.79 Å². The fourth-order valence-electron chi connectivity index (χ4n) is 1.44.